The molecule has 0 atom stereocenters. The molecule has 0 bridgehead atoms. The van der Waals surface area contributed by atoms with Crippen LogP contribution in [0.1, 0.15) is 97.8 Å². The molecule has 0 aromatic heterocycles. The molecule has 0 spiro atoms. The zero-order valence-electron chi connectivity index (χ0n) is 14.1. The molecular formula is C18H37NO. The Bertz CT molecular complexity index is 238. The Morgan fingerprint density at radius 2 is 1.40 bits per heavy atom. The molecule has 2 heteroatoms. The van der Waals surface area contributed by atoms with Crippen molar-refractivity contribution in [3.63, 3.8) is 0 Å². The first-order valence-electron chi connectivity index (χ1n) is 8.99. The molecule has 0 radical (unpaired) electrons. The molecule has 0 heterocycles. The summed E-state index contributed by atoms with van der Waals surface area (Å²) in [5.74, 6) is 0. The molecule has 0 aromatic carbocycles. The Labute approximate surface area is 126 Å². The first-order chi connectivity index (χ1) is 9.52. The number of hydrogen-bond donors (Lipinski definition) is 2. The summed E-state index contributed by atoms with van der Waals surface area (Å²) in [6.07, 6.45) is 15.7. The summed E-state index contributed by atoms with van der Waals surface area (Å²) < 4.78 is 0. The van der Waals surface area contributed by atoms with E-state index in [1.807, 2.05) is 13.8 Å². The standard InChI is InChI=1S/C18H37NO/c1-4-5-6-7-8-9-10-13-16-19-18(17(2,3)20)14-11-12-15-18/h19-20H,4-16H2,1-3H3. The van der Waals surface area contributed by atoms with Crippen molar-refractivity contribution in [1.82, 2.24) is 5.32 Å². The maximum Gasteiger partial charge on any atom is 0.0772 e. The fourth-order valence-corrected chi connectivity index (χ4v) is 3.57. The Kier molecular flexibility index (Phi) is 8.13. The van der Waals surface area contributed by atoms with Gasteiger partial charge in [-0.05, 0) is 39.7 Å². The third kappa shape index (κ3) is 5.73. The highest BCUT2D eigenvalue weighted by Gasteiger charge is 2.45. The summed E-state index contributed by atoms with van der Waals surface area (Å²) in [4.78, 5) is 0. The topological polar surface area (TPSA) is 32.3 Å². The minimum atomic E-state index is -0.594. The van der Waals surface area contributed by atoms with E-state index in [2.05, 4.69) is 12.2 Å². The zero-order valence-corrected chi connectivity index (χ0v) is 14.1. The molecule has 0 unspecified atom stereocenters. The highest BCUT2D eigenvalue weighted by molar-refractivity contribution is 5.03. The Morgan fingerprint density at radius 3 is 1.90 bits per heavy atom. The number of unbranched alkanes of at least 4 members (excludes halogenated alkanes) is 7. The minimum absolute atomic E-state index is 0.0197. The van der Waals surface area contributed by atoms with Crippen LogP contribution >= 0.6 is 0 Å². The van der Waals surface area contributed by atoms with Crippen molar-refractivity contribution < 1.29 is 5.11 Å². The fraction of sp³-hybridized carbons (Fsp3) is 1.00. The van der Waals surface area contributed by atoms with Crippen LogP contribution in [0.2, 0.25) is 0 Å². The van der Waals surface area contributed by atoms with Gasteiger partial charge in [-0.2, -0.15) is 0 Å². The van der Waals surface area contributed by atoms with Crippen LogP contribution in [-0.4, -0.2) is 22.8 Å². The number of rotatable bonds is 11. The monoisotopic (exact) mass is 283 g/mol. The highest BCUT2D eigenvalue weighted by Crippen LogP contribution is 2.38. The molecule has 20 heavy (non-hydrogen) atoms. The van der Waals surface area contributed by atoms with E-state index in [4.69, 9.17) is 0 Å². The summed E-state index contributed by atoms with van der Waals surface area (Å²) >= 11 is 0. The van der Waals surface area contributed by atoms with Crippen LogP contribution in [0.3, 0.4) is 0 Å². The summed E-state index contributed by atoms with van der Waals surface area (Å²) in [6, 6.07) is 0. The summed E-state index contributed by atoms with van der Waals surface area (Å²) in [5, 5.41) is 14.1. The average molecular weight is 284 g/mol. The lowest BCUT2D eigenvalue weighted by Gasteiger charge is -2.41. The molecular weight excluding hydrogens is 246 g/mol. The van der Waals surface area contributed by atoms with E-state index in [1.54, 1.807) is 0 Å². The lowest BCUT2D eigenvalue weighted by Crippen LogP contribution is -2.58. The lowest BCUT2D eigenvalue weighted by atomic mass is 9.80. The number of hydrogen-bond acceptors (Lipinski definition) is 2. The van der Waals surface area contributed by atoms with Crippen LogP contribution in [0.25, 0.3) is 0 Å². The SMILES string of the molecule is CCCCCCCCCCNC1(C(C)(C)O)CCCC1. The van der Waals surface area contributed by atoms with Crippen LogP contribution in [0, 0.1) is 0 Å². The Morgan fingerprint density at radius 1 is 0.900 bits per heavy atom. The van der Waals surface area contributed by atoms with E-state index in [-0.39, 0.29) is 5.54 Å². The second-order valence-electron chi connectivity index (χ2n) is 7.25. The van der Waals surface area contributed by atoms with Gasteiger partial charge in [-0.1, -0.05) is 64.7 Å². The van der Waals surface area contributed by atoms with Crippen molar-refractivity contribution >= 4 is 0 Å². The van der Waals surface area contributed by atoms with Gasteiger partial charge in [0.25, 0.3) is 0 Å². The average Bonchev–Trinajstić information content (AvgIpc) is 2.86. The van der Waals surface area contributed by atoms with E-state index < -0.39 is 5.60 Å². The maximum absolute atomic E-state index is 10.4. The van der Waals surface area contributed by atoms with Gasteiger partial charge in [0, 0.05) is 5.54 Å². The second-order valence-corrected chi connectivity index (χ2v) is 7.25. The Hall–Kier alpha value is -0.0800. The van der Waals surface area contributed by atoms with E-state index >= 15 is 0 Å². The van der Waals surface area contributed by atoms with E-state index in [9.17, 15) is 5.11 Å². The summed E-state index contributed by atoms with van der Waals surface area (Å²) in [6.45, 7) is 7.28. The third-order valence-corrected chi connectivity index (χ3v) is 5.12. The minimum Gasteiger partial charge on any atom is -0.389 e. The maximum atomic E-state index is 10.4. The van der Waals surface area contributed by atoms with Crippen LogP contribution in [0.4, 0.5) is 0 Å². The first kappa shape index (κ1) is 18.0. The van der Waals surface area contributed by atoms with Crippen LogP contribution in [0.5, 0.6) is 0 Å². The molecule has 120 valence electrons. The largest absolute Gasteiger partial charge is 0.389 e. The first-order valence-corrected chi connectivity index (χ1v) is 8.99. The van der Waals surface area contributed by atoms with Gasteiger partial charge in [0.2, 0.25) is 0 Å². The number of aliphatic hydroxyl groups is 1. The smallest absolute Gasteiger partial charge is 0.0772 e. The molecule has 1 rings (SSSR count). The van der Waals surface area contributed by atoms with Crippen molar-refractivity contribution in [3.05, 3.63) is 0 Å². The summed E-state index contributed by atoms with van der Waals surface area (Å²) in [5.41, 5.74) is -0.613. The zero-order chi connectivity index (χ0) is 14.9. The fourth-order valence-electron chi connectivity index (χ4n) is 3.57. The quantitative estimate of drug-likeness (QED) is 0.534. The second kappa shape index (κ2) is 9.04. The lowest BCUT2D eigenvalue weighted by molar-refractivity contribution is -0.0196. The van der Waals surface area contributed by atoms with Crippen molar-refractivity contribution in [2.45, 2.75) is 109 Å². The van der Waals surface area contributed by atoms with Gasteiger partial charge in [0.05, 0.1) is 5.60 Å². The molecule has 0 aliphatic heterocycles. The van der Waals surface area contributed by atoms with Gasteiger partial charge in [-0.15, -0.1) is 0 Å². The molecule has 1 aliphatic rings. The van der Waals surface area contributed by atoms with E-state index in [1.165, 1.54) is 64.2 Å². The molecule has 2 N–H and O–H groups in total. The van der Waals surface area contributed by atoms with E-state index in [0.29, 0.717) is 0 Å². The predicted molar refractivity (Wildman–Crippen MR) is 88.1 cm³/mol. The molecule has 0 saturated heterocycles. The normalized spacial score (nSPS) is 18.6. The molecule has 1 aliphatic carbocycles. The molecule has 0 aromatic rings. The molecule has 0 amide bonds. The van der Waals surface area contributed by atoms with Crippen LogP contribution in [0.15, 0.2) is 0 Å². The van der Waals surface area contributed by atoms with Gasteiger partial charge in [-0.25, -0.2) is 0 Å². The molecule has 1 fully saturated rings. The van der Waals surface area contributed by atoms with Gasteiger partial charge in [0.15, 0.2) is 0 Å². The molecule has 2 nitrogen and oxygen atoms in total. The van der Waals surface area contributed by atoms with Gasteiger partial charge in [0.1, 0.15) is 0 Å². The van der Waals surface area contributed by atoms with Crippen molar-refractivity contribution in [3.8, 4) is 0 Å². The van der Waals surface area contributed by atoms with Gasteiger partial charge < -0.3 is 10.4 Å². The summed E-state index contributed by atoms with van der Waals surface area (Å²) in [7, 11) is 0. The predicted octanol–water partition coefficient (Wildman–Crippen LogP) is 4.80. The third-order valence-electron chi connectivity index (χ3n) is 5.12. The van der Waals surface area contributed by atoms with Crippen molar-refractivity contribution in [1.29, 1.82) is 0 Å². The van der Waals surface area contributed by atoms with E-state index in [0.717, 1.165) is 19.4 Å². The van der Waals surface area contributed by atoms with Crippen LogP contribution in [-0.2, 0) is 0 Å². The van der Waals surface area contributed by atoms with Crippen molar-refractivity contribution in [2.24, 2.45) is 0 Å². The molecule has 1 saturated carbocycles. The van der Waals surface area contributed by atoms with Gasteiger partial charge >= 0.3 is 0 Å². The van der Waals surface area contributed by atoms with Crippen molar-refractivity contribution in [2.75, 3.05) is 6.54 Å². The van der Waals surface area contributed by atoms with Crippen LogP contribution < -0.4 is 5.32 Å². The number of nitrogens with one attached hydrogen (secondary N) is 1. The van der Waals surface area contributed by atoms with Gasteiger partial charge in [-0.3, -0.25) is 0 Å². The Balaban J connectivity index is 2.08. The highest BCUT2D eigenvalue weighted by atomic mass is 16.3.